The van der Waals surface area contributed by atoms with Gasteiger partial charge in [0, 0.05) is 49.8 Å². The largest absolute Gasteiger partial charge is 0.469 e. The van der Waals surface area contributed by atoms with Gasteiger partial charge in [-0.25, -0.2) is 4.79 Å². The number of ether oxygens (including phenoxy) is 3. The topological polar surface area (TPSA) is 123 Å². The van der Waals surface area contributed by atoms with Gasteiger partial charge in [-0.3, -0.25) is 14.2 Å². The maximum absolute atomic E-state index is 12.9. The van der Waals surface area contributed by atoms with E-state index in [0.717, 1.165) is 22.2 Å². The molecule has 208 valence electrons. The van der Waals surface area contributed by atoms with Crippen LogP contribution in [0.5, 0.6) is 0 Å². The Kier molecular flexibility index (Phi) is 8.43. The molecule has 0 aliphatic rings. The van der Waals surface area contributed by atoms with Gasteiger partial charge in [0.1, 0.15) is 5.69 Å². The number of rotatable bonds is 10. The summed E-state index contributed by atoms with van der Waals surface area (Å²) in [6, 6.07) is 5.42. The molecule has 0 bridgehead atoms. The minimum absolute atomic E-state index is 0.105. The molecule has 4 rings (SSSR count). The number of aliphatic hydroxyl groups excluding tert-OH is 1. The first-order chi connectivity index (χ1) is 18.6. The molecular formula is C27H32ClN5O6. The fraction of sp³-hybridized carbons (Fsp3) is 0.407. The monoisotopic (exact) mass is 557 g/mol. The van der Waals surface area contributed by atoms with Crippen molar-refractivity contribution in [3.63, 3.8) is 0 Å². The molecule has 0 saturated heterocycles. The molecule has 0 aliphatic carbocycles. The van der Waals surface area contributed by atoms with Crippen molar-refractivity contribution in [2.24, 2.45) is 21.1 Å². The third-order valence-electron chi connectivity index (χ3n) is 6.93. The lowest BCUT2D eigenvalue weighted by Gasteiger charge is -2.12. The molecule has 1 aromatic carbocycles. The third-order valence-corrected chi connectivity index (χ3v) is 7.24. The second-order valence-corrected chi connectivity index (χ2v) is 9.61. The lowest BCUT2D eigenvalue weighted by Crippen LogP contribution is -2.11. The normalized spacial score (nSPS) is 11.4. The molecule has 0 radical (unpaired) electrons. The zero-order chi connectivity index (χ0) is 28.4. The van der Waals surface area contributed by atoms with Crippen LogP contribution in [0.1, 0.15) is 45.2 Å². The minimum atomic E-state index is -0.514. The number of aromatic nitrogens is 5. The maximum Gasteiger partial charge on any atom is 0.354 e. The lowest BCUT2D eigenvalue weighted by molar-refractivity contribution is -0.140. The van der Waals surface area contributed by atoms with Gasteiger partial charge in [-0.05, 0) is 31.0 Å². The van der Waals surface area contributed by atoms with Gasteiger partial charge in [0.15, 0.2) is 0 Å². The number of halogens is 1. The average Bonchev–Trinajstić information content (AvgIpc) is 3.52. The van der Waals surface area contributed by atoms with E-state index >= 15 is 0 Å². The summed E-state index contributed by atoms with van der Waals surface area (Å²) in [5.74, 6) is -0.890. The summed E-state index contributed by atoms with van der Waals surface area (Å²) >= 11 is 6.84. The van der Waals surface area contributed by atoms with Gasteiger partial charge in [0.25, 0.3) is 0 Å². The quantitative estimate of drug-likeness (QED) is 0.294. The summed E-state index contributed by atoms with van der Waals surface area (Å²) in [5, 5.41) is 19.7. The van der Waals surface area contributed by atoms with Crippen LogP contribution in [0.3, 0.4) is 0 Å². The van der Waals surface area contributed by atoms with Crippen LogP contribution in [0, 0.1) is 6.92 Å². The Hall–Kier alpha value is -3.67. The van der Waals surface area contributed by atoms with Gasteiger partial charge < -0.3 is 23.9 Å². The van der Waals surface area contributed by atoms with Crippen molar-refractivity contribution in [1.82, 2.24) is 24.1 Å². The summed E-state index contributed by atoms with van der Waals surface area (Å²) in [6.45, 7) is 2.24. The van der Waals surface area contributed by atoms with E-state index in [1.807, 2.05) is 20.0 Å². The fourth-order valence-electron chi connectivity index (χ4n) is 4.92. The second-order valence-electron chi connectivity index (χ2n) is 9.20. The number of carbonyl (C=O) groups excluding carboxylic acids is 2. The SMILES string of the molecule is COC(=O)CCc1c(C(=O)OC)n(C)c2c(-c3c(COCc4cc(CO)n(C)n4)nn(C)c3C)c(Cl)ccc12. The van der Waals surface area contributed by atoms with E-state index in [0.29, 0.717) is 38.9 Å². The van der Waals surface area contributed by atoms with Gasteiger partial charge in [-0.15, -0.1) is 0 Å². The number of hydrogen-bond donors (Lipinski definition) is 1. The Balaban J connectivity index is 1.81. The molecule has 0 aliphatic heterocycles. The van der Waals surface area contributed by atoms with Gasteiger partial charge in [0.2, 0.25) is 0 Å². The zero-order valence-corrected chi connectivity index (χ0v) is 23.6. The van der Waals surface area contributed by atoms with Crippen molar-refractivity contribution in [3.8, 4) is 11.1 Å². The van der Waals surface area contributed by atoms with Crippen molar-refractivity contribution >= 4 is 34.4 Å². The molecule has 39 heavy (non-hydrogen) atoms. The van der Waals surface area contributed by atoms with Crippen LogP contribution in [-0.4, -0.2) is 55.4 Å². The Labute approximate surface area is 230 Å². The maximum atomic E-state index is 12.9. The Morgan fingerprint density at radius 2 is 1.77 bits per heavy atom. The zero-order valence-electron chi connectivity index (χ0n) is 22.9. The number of fused-ring (bicyclic) bond motifs is 1. The lowest BCUT2D eigenvalue weighted by atomic mass is 9.98. The molecule has 0 unspecified atom stereocenters. The number of nitrogens with zero attached hydrogens (tertiary/aromatic N) is 5. The number of hydrogen-bond acceptors (Lipinski definition) is 8. The smallest absolute Gasteiger partial charge is 0.354 e. The van der Waals surface area contributed by atoms with E-state index < -0.39 is 5.97 Å². The summed E-state index contributed by atoms with van der Waals surface area (Å²) in [5.41, 5.74) is 6.15. The molecule has 0 amide bonds. The molecule has 0 fully saturated rings. The van der Waals surface area contributed by atoms with E-state index in [9.17, 15) is 14.7 Å². The molecule has 0 saturated carbocycles. The minimum Gasteiger partial charge on any atom is -0.469 e. The Bertz CT molecular complexity index is 1550. The van der Waals surface area contributed by atoms with Crippen LogP contribution in [0.15, 0.2) is 18.2 Å². The van der Waals surface area contributed by atoms with Crippen molar-refractivity contribution in [2.75, 3.05) is 14.2 Å². The molecule has 0 spiro atoms. The molecule has 1 N–H and O–H groups in total. The van der Waals surface area contributed by atoms with Crippen molar-refractivity contribution in [1.29, 1.82) is 0 Å². The van der Waals surface area contributed by atoms with Gasteiger partial charge in [-0.1, -0.05) is 17.7 Å². The number of benzene rings is 1. The summed E-state index contributed by atoms with van der Waals surface area (Å²) < 4.78 is 21.0. The molecule has 3 heterocycles. The predicted molar refractivity (Wildman–Crippen MR) is 144 cm³/mol. The highest BCUT2D eigenvalue weighted by Gasteiger charge is 2.28. The first kappa shape index (κ1) is 28.3. The van der Waals surface area contributed by atoms with Crippen LogP contribution < -0.4 is 0 Å². The Morgan fingerprint density at radius 3 is 2.41 bits per heavy atom. The van der Waals surface area contributed by atoms with Crippen LogP contribution in [-0.2, 0) is 66.4 Å². The molecular weight excluding hydrogens is 526 g/mol. The van der Waals surface area contributed by atoms with Gasteiger partial charge in [-0.2, -0.15) is 10.2 Å². The predicted octanol–water partition coefficient (Wildman–Crippen LogP) is 3.38. The number of methoxy groups -OCH3 is 2. The van der Waals surface area contributed by atoms with E-state index in [2.05, 4.69) is 5.10 Å². The second kappa shape index (κ2) is 11.6. The van der Waals surface area contributed by atoms with Gasteiger partial charge in [0.05, 0.1) is 61.7 Å². The first-order valence-corrected chi connectivity index (χ1v) is 12.7. The molecule has 11 nitrogen and oxygen atoms in total. The highest BCUT2D eigenvalue weighted by molar-refractivity contribution is 6.35. The highest BCUT2D eigenvalue weighted by Crippen LogP contribution is 2.42. The number of aryl methyl sites for hydroxylation is 4. The Morgan fingerprint density at radius 1 is 1.03 bits per heavy atom. The molecule has 4 aromatic rings. The number of aliphatic hydroxyl groups is 1. The average molecular weight is 558 g/mol. The van der Waals surface area contributed by atoms with E-state index in [1.165, 1.54) is 14.2 Å². The van der Waals surface area contributed by atoms with Crippen LogP contribution in [0.2, 0.25) is 5.02 Å². The van der Waals surface area contributed by atoms with E-state index in [1.54, 1.807) is 40.2 Å². The van der Waals surface area contributed by atoms with Crippen LogP contribution >= 0.6 is 11.6 Å². The van der Waals surface area contributed by atoms with Crippen LogP contribution in [0.4, 0.5) is 0 Å². The molecule has 3 aromatic heterocycles. The summed E-state index contributed by atoms with van der Waals surface area (Å²) in [6.07, 6.45) is 0.394. The highest BCUT2D eigenvalue weighted by atomic mass is 35.5. The molecule has 12 heteroatoms. The first-order valence-electron chi connectivity index (χ1n) is 12.3. The summed E-state index contributed by atoms with van der Waals surface area (Å²) in [7, 11) is 8.04. The van der Waals surface area contributed by atoms with Crippen LogP contribution in [0.25, 0.3) is 22.0 Å². The van der Waals surface area contributed by atoms with Gasteiger partial charge >= 0.3 is 11.9 Å². The third kappa shape index (κ3) is 5.29. The number of carbonyl (C=O) groups is 2. The summed E-state index contributed by atoms with van der Waals surface area (Å²) in [4.78, 5) is 24.8. The van der Waals surface area contributed by atoms with E-state index in [-0.39, 0.29) is 38.6 Å². The van der Waals surface area contributed by atoms with Crippen molar-refractivity contribution in [3.05, 3.63) is 57.3 Å². The van der Waals surface area contributed by atoms with E-state index in [4.69, 9.17) is 30.9 Å². The molecule has 0 atom stereocenters. The fourth-order valence-corrected chi connectivity index (χ4v) is 5.17. The van der Waals surface area contributed by atoms with Crippen molar-refractivity contribution in [2.45, 2.75) is 39.6 Å². The van der Waals surface area contributed by atoms with Crippen molar-refractivity contribution < 1.29 is 28.9 Å². The number of esters is 2. The standard InChI is InChI=1S/C27H32ClN5O6/c1-15-23(21(30-32(15)3)14-39-13-16-11-17(12-34)33(4)29-16)24-20(28)9-7-18-19(8-10-22(35)37-5)26(27(36)38-6)31(2)25(18)24/h7,9,11,34H,8,10,12-14H2,1-6H3.